The Balaban J connectivity index is 2.49. The van der Waals surface area contributed by atoms with Crippen LogP contribution in [0.25, 0.3) is 0 Å². The van der Waals surface area contributed by atoms with Crippen LogP contribution in [-0.4, -0.2) is 28.2 Å². The Morgan fingerprint density at radius 1 is 1.73 bits per heavy atom. The van der Waals surface area contributed by atoms with Crippen molar-refractivity contribution >= 4 is 29.8 Å². The lowest BCUT2D eigenvalue weighted by atomic mass is 10.2. The zero-order valence-corrected chi connectivity index (χ0v) is 8.63. The second-order valence-corrected chi connectivity index (χ2v) is 3.76. The SMILES string of the molecule is CCC(=S)N1CCC[C@@H]1CS. The van der Waals surface area contributed by atoms with Gasteiger partial charge < -0.3 is 4.90 Å². The van der Waals surface area contributed by atoms with Gasteiger partial charge in [0.2, 0.25) is 0 Å². The van der Waals surface area contributed by atoms with E-state index in [9.17, 15) is 0 Å². The van der Waals surface area contributed by atoms with E-state index in [4.69, 9.17) is 12.2 Å². The highest BCUT2D eigenvalue weighted by Gasteiger charge is 2.23. The van der Waals surface area contributed by atoms with Gasteiger partial charge in [0, 0.05) is 18.3 Å². The van der Waals surface area contributed by atoms with Crippen molar-refractivity contribution in [2.45, 2.75) is 32.2 Å². The van der Waals surface area contributed by atoms with Crippen molar-refractivity contribution in [3.05, 3.63) is 0 Å². The predicted octanol–water partition coefficient (Wildman–Crippen LogP) is 2.12. The summed E-state index contributed by atoms with van der Waals surface area (Å²) in [4.78, 5) is 3.45. The molecule has 1 nitrogen and oxygen atoms in total. The molecule has 1 rings (SSSR count). The smallest absolute Gasteiger partial charge is 0.0779 e. The molecular weight excluding hydrogens is 174 g/mol. The molecule has 0 aliphatic carbocycles. The fraction of sp³-hybridized carbons (Fsp3) is 0.875. The molecule has 1 saturated heterocycles. The number of hydrogen-bond acceptors (Lipinski definition) is 2. The molecule has 1 heterocycles. The first-order chi connectivity index (χ1) is 5.29. The monoisotopic (exact) mass is 189 g/mol. The first-order valence-corrected chi connectivity index (χ1v) is 5.24. The molecule has 0 amide bonds. The van der Waals surface area contributed by atoms with E-state index >= 15 is 0 Å². The van der Waals surface area contributed by atoms with Crippen molar-refractivity contribution in [1.82, 2.24) is 4.90 Å². The molecule has 0 aromatic carbocycles. The summed E-state index contributed by atoms with van der Waals surface area (Å²) in [6.45, 7) is 3.27. The quantitative estimate of drug-likeness (QED) is 0.523. The lowest BCUT2D eigenvalue weighted by Gasteiger charge is -2.25. The Bertz CT molecular complexity index is 147. The Labute approximate surface area is 79.6 Å². The van der Waals surface area contributed by atoms with E-state index in [1.165, 1.54) is 12.8 Å². The van der Waals surface area contributed by atoms with Crippen molar-refractivity contribution in [3.63, 3.8) is 0 Å². The molecule has 0 N–H and O–H groups in total. The minimum atomic E-state index is 0.616. The highest BCUT2D eigenvalue weighted by molar-refractivity contribution is 7.80. The molecule has 64 valence electrons. The first-order valence-electron chi connectivity index (χ1n) is 4.20. The van der Waals surface area contributed by atoms with Gasteiger partial charge >= 0.3 is 0 Å². The molecule has 0 bridgehead atoms. The fourth-order valence-corrected chi connectivity index (χ4v) is 2.18. The van der Waals surface area contributed by atoms with Crippen molar-refractivity contribution in [1.29, 1.82) is 0 Å². The topological polar surface area (TPSA) is 3.24 Å². The summed E-state index contributed by atoms with van der Waals surface area (Å²) >= 11 is 9.56. The van der Waals surface area contributed by atoms with Gasteiger partial charge in [-0.3, -0.25) is 0 Å². The van der Waals surface area contributed by atoms with Gasteiger partial charge in [-0.1, -0.05) is 19.1 Å². The molecule has 1 atom stereocenters. The molecule has 1 aliphatic rings. The normalized spacial score (nSPS) is 24.2. The van der Waals surface area contributed by atoms with Crippen molar-refractivity contribution in [2.24, 2.45) is 0 Å². The van der Waals surface area contributed by atoms with Crippen molar-refractivity contribution in [3.8, 4) is 0 Å². The van der Waals surface area contributed by atoms with Gasteiger partial charge in [-0.15, -0.1) is 0 Å². The Morgan fingerprint density at radius 2 is 2.45 bits per heavy atom. The molecule has 11 heavy (non-hydrogen) atoms. The molecule has 0 saturated carbocycles. The van der Waals surface area contributed by atoms with Gasteiger partial charge in [0.15, 0.2) is 0 Å². The summed E-state index contributed by atoms with van der Waals surface area (Å²) in [5.41, 5.74) is 0. The molecule has 3 heteroatoms. The number of hydrogen-bond donors (Lipinski definition) is 1. The van der Waals surface area contributed by atoms with E-state index in [-0.39, 0.29) is 0 Å². The van der Waals surface area contributed by atoms with E-state index in [0.717, 1.165) is 23.7 Å². The van der Waals surface area contributed by atoms with Gasteiger partial charge in [-0.2, -0.15) is 12.6 Å². The third-order valence-corrected chi connectivity index (χ3v) is 3.16. The van der Waals surface area contributed by atoms with Crippen LogP contribution in [0, 0.1) is 0 Å². The lowest BCUT2D eigenvalue weighted by molar-refractivity contribution is 0.421. The second-order valence-electron chi connectivity index (χ2n) is 2.92. The third-order valence-electron chi connectivity index (χ3n) is 2.21. The summed E-state index contributed by atoms with van der Waals surface area (Å²) in [5.74, 6) is 0.945. The van der Waals surface area contributed by atoms with Crippen molar-refractivity contribution < 1.29 is 0 Å². The van der Waals surface area contributed by atoms with Crippen LogP contribution in [0.15, 0.2) is 0 Å². The Morgan fingerprint density at radius 3 is 3.00 bits per heavy atom. The molecule has 1 fully saturated rings. The van der Waals surface area contributed by atoms with Gasteiger partial charge in [0.1, 0.15) is 0 Å². The van der Waals surface area contributed by atoms with Crippen LogP contribution in [0.3, 0.4) is 0 Å². The summed E-state index contributed by atoms with van der Waals surface area (Å²) < 4.78 is 0. The lowest BCUT2D eigenvalue weighted by Crippen LogP contribution is -2.34. The summed E-state index contributed by atoms with van der Waals surface area (Å²) in [6, 6.07) is 0.616. The number of nitrogens with zero attached hydrogens (tertiary/aromatic N) is 1. The van der Waals surface area contributed by atoms with Gasteiger partial charge in [-0.25, -0.2) is 0 Å². The zero-order chi connectivity index (χ0) is 8.27. The van der Waals surface area contributed by atoms with Gasteiger partial charge in [0.05, 0.1) is 4.99 Å². The predicted molar refractivity (Wildman–Crippen MR) is 56.5 cm³/mol. The van der Waals surface area contributed by atoms with Gasteiger partial charge in [0.25, 0.3) is 0 Å². The van der Waals surface area contributed by atoms with Crippen LogP contribution < -0.4 is 0 Å². The van der Waals surface area contributed by atoms with E-state index in [1.807, 2.05) is 0 Å². The minimum Gasteiger partial charge on any atom is -0.362 e. The molecule has 0 aromatic heterocycles. The third kappa shape index (κ3) is 2.09. The first kappa shape index (κ1) is 9.33. The van der Waals surface area contributed by atoms with E-state index in [1.54, 1.807) is 0 Å². The largest absolute Gasteiger partial charge is 0.362 e. The standard InChI is InChI=1S/C8H15NS2/c1-2-8(11)9-5-3-4-7(9)6-10/h7,10H,2-6H2,1H3/t7-/m1/s1. The van der Waals surface area contributed by atoms with Crippen LogP contribution in [0.1, 0.15) is 26.2 Å². The Hall–Kier alpha value is 0.240. The maximum atomic E-state index is 5.25. The number of likely N-dealkylation sites (tertiary alicyclic amines) is 1. The summed E-state index contributed by atoms with van der Waals surface area (Å²) in [5, 5.41) is 0. The Kier molecular flexibility index (Phi) is 3.66. The maximum absolute atomic E-state index is 5.25. The molecule has 0 unspecified atom stereocenters. The number of thiol groups is 1. The van der Waals surface area contributed by atoms with E-state index in [0.29, 0.717) is 6.04 Å². The molecule has 0 aromatic rings. The fourth-order valence-electron chi connectivity index (χ4n) is 1.56. The highest BCUT2D eigenvalue weighted by atomic mass is 32.1. The van der Waals surface area contributed by atoms with Crippen LogP contribution in [0.5, 0.6) is 0 Å². The molecule has 0 spiro atoms. The van der Waals surface area contributed by atoms with Crippen LogP contribution >= 0.6 is 24.8 Å². The molecule has 1 aliphatic heterocycles. The van der Waals surface area contributed by atoms with E-state index in [2.05, 4.69) is 24.5 Å². The zero-order valence-electron chi connectivity index (χ0n) is 6.92. The second kappa shape index (κ2) is 4.31. The average Bonchev–Trinajstić information content (AvgIpc) is 2.50. The van der Waals surface area contributed by atoms with Crippen molar-refractivity contribution in [2.75, 3.05) is 12.3 Å². The minimum absolute atomic E-state index is 0.616. The molecular formula is C8H15NS2. The summed E-state index contributed by atoms with van der Waals surface area (Å²) in [7, 11) is 0. The van der Waals surface area contributed by atoms with Crippen LogP contribution in [0.2, 0.25) is 0 Å². The van der Waals surface area contributed by atoms with Crippen LogP contribution in [0.4, 0.5) is 0 Å². The molecule has 0 radical (unpaired) electrons. The number of thiocarbonyl (C=S) groups is 1. The highest BCUT2D eigenvalue weighted by Crippen LogP contribution is 2.19. The summed E-state index contributed by atoms with van der Waals surface area (Å²) in [6.07, 6.45) is 3.55. The average molecular weight is 189 g/mol. The van der Waals surface area contributed by atoms with Crippen LogP contribution in [-0.2, 0) is 0 Å². The number of rotatable bonds is 2. The van der Waals surface area contributed by atoms with Gasteiger partial charge in [-0.05, 0) is 19.3 Å². The van der Waals surface area contributed by atoms with E-state index < -0.39 is 0 Å². The maximum Gasteiger partial charge on any atom is 0.0779 e.